The lowest BCUT2D eigenvalue weighted by Crippen LogP contribution is -2.35. The molecule has 1 aromatic carbocycles. The van der Waals surface area contributed by atoms with E-state index in [0.717, 1.165) is 6.07 Å². The van der Waals surface area contributed by atoms with Gasteiger partial charge in [0.05, 0.1) is 16.5 Å². The fraction of sp³-hybridized carbons (Fsp3) is 0.455. The second kappa shape index (κ2) is 6.62. The monoisotopic (exact) mass is 310 g/mol. The van der Waals surface area contributed by atoms with Crippen LogP contribution in [0.25, 0.3) is 0 Å². The Bertz CT molecular complexity index is 551. The quantitative estimate of drug-likeness (QED) is 0.828. The van der Waals surface area contributed by atoms with E-state index in [1.807, 2.05) is 0 Å². The lowest BCUT2D eigenvalue weighted by molar-refractivity contribution is 0.180. The Balaban J connectivity index is 3.11. The molecule has 19 heavy (non-hydrogen) atoms. The fourth-order valence-corrected chi connectivity index (χ4v) is 3.02. The number of nitrogens with one attached hydrogen (secondary N) is 1. The molecule has 0 saturated heterocycles. The summed E-state index contributed by atoms with van der Waals surface area (Å²) in [5.41, 5.74) is 5.63. The Morgan fingerprint density at radius 2 is 2.16 bits per heavy atom. The minimum atomic E-state index is -3.84. The molecule has 0 fully saturated rings. The van der Waals surface area contributed by atoms with Crippen molar-refractivity contribution in [2.24, 2.45) is 5.73 Å². The van der Waals surface area contributed by atoms with Crippen LogP contribution < -0.4 is 10.5 Å². The van der Waals surface area contributed by atoms with Crippen molar-refractivity contribution >= 4 is 21.6 Å². The molecule has 0 aliphatic rings. The molecule has 3 N–H and O–H groups in total. The van der Waals surface area contributed by atoms with Gasteiger partial charge in [-0.25, -0.2) is 17.5 Å². The van der Waals surface area contributed by atoms with E-state index in [2.05, 4.69) is 4.72 Å². The molecule has 0 aliphatic carbocycles. The van der Waals surface area contributed by atoms with Gasteiger partial charge >= 0.3 is 0 Å². The first-order chi connectivity index (χ1) is 8.81. The minimum Gasteiger partial charge on any atom is -0.383 e. The van der Waals surface area contributed by atoms with Crippen molar-refractivity contribution in [2.75, 3.05) is 13.7 Å². The molecular formula is C11H16ClFN2O3S. The molecule has 1 atom stereocenters. The van der Waals surface area contributed by atoms with Crippen LogP contribution in [0.3, 0.4) is 0 Å². The van der Waals surface area contributed by atoms with E-state index in [1.54, 1.807) is 6.92 Å². The summed E-state index contributed by atoms with van der Waals surface area (Å²) in [5, 5.41) is -0.161. The zero-order valence-corrected chi connectivity index (χ0v) is 12.2. The molecule has 8 heteroatoms. The highest BCUT2D eigenvalue weighted by molar-refractivity contribution is 7.89. The van der Waals surface area contributed by atoms with E-state index < -0.39 is 21.9 Å². The molecule has 0 amide bonds. The van der Waals surface area contributed by atoms with Gasteiger partial charge in [-0.1, -0.05) is 11.6 Å². The summed E-state index contributed by atoms with van der Waals surface area (Å²) < 4.78 is 44.8. The Morgan fingerprint density at radius 1 is 1.53 bits per heavy atom. The van der Waals surface area contributed by atoms with Gasteiger partial charge in [0.2, 0.25) is 10.0 Å². The molecule has 1 aromatic rings. The van der Waals surface area contributed by atoms with Crippen LogP contribution in [0.15, 0.2) is 17.0 Å². The average Bonchev–Trinajstić information content (AvgIpc) is 2.31. The van der Waals surface area contributed by atoms with Crippen LogP contribution in [0.2, 0.25) is 5.02 Å². The van der Waals surface area contributed by atoms with Gasteiger partial charge in [0.15, 0.2) is 0 Å². The Labute approximate surface area is 116 Å². The van der Waals surface area contributed by atoms with Gasteiger partial charge in [-0.05, 0) is 24.6 Å². The Kier molecular flexibility index (Phi) is 5.69. The molecular weight excluding hydrogens is 295 g/mol. The van der Waals surface area contributed by atoms with Crippen LogP contribution in [-0.4, -0.2) is 28.2 Å². The van der Waals surface area contributed by atoms with E-state index in [4.69, 9.17) is 22.1 Å². The summed E-state index contributed by atoms with van der Waals surface area (Å²) in [5.74, 6) is -0.815. The van der Waals surface area contributed by atoms with E-state index in [9.17, 15) is 12.8 Å². The maximum atomic E-state index is 13.5. The van der Waals surface area contributed by atoms with Crippen LogP contribution >= 0.6 is 11.6 Å². The van der Waals surface area contributed by atoms with Crippen LogP contribution in [0, 0.1) is 5.82 Å². The van der Waals surface area contributed by atoms with Crippen molar-refractivity contribution in [2.45, 2.75) is 24.4 Å². The highest BCUT2D eigenvalue weighted by Crippen LogP contribution is 2.24. The summed E-state index contributed by atoms with van der Waals surface area (Å²) in [4.78, 5) is -0.210. The van der Waals surface area contributed by atoms with Crippen LogP contribution in [-0.2, 0) is 21.3 Å². The first-order valence-electron chi connectivity index (χ1n) is 5.51. The second-order valence-electron chi connectivity index (χ2n) is 4.06. The standard InChI is InChI=1S/C11H16ClFN2O3S/c1-7(6-18-2)15-19(16,17)9-3-8(5-14)11(12)10(13)4-9/h3-4,7,15H,5-6,14H2,1-2H3. The highest BCUT2D eigenvalue weighted by Gasteiger charge is 2.20. The van der Waals surface area contributed by atoms with Crippen molar-refractivity contribution in [1.82, 2.24) is 4.72 Å². The lowest BCUT2D eigenvalue weighted by Gasteiger charge is -2.14. The molecule has 0 spiro atoms. The summed E-state index contributed by atoms with van der Waals surface area (Å²) in [6, 6.07) is 1.69. The molecule has 0 bridgehead atoms. The molecule has 0 heterocycles. The van der Waals surface area contributed by atoms with E-state index in [-0.39, 0.29) is 28.6 Å². The number of hydrogen-bond acceptors (Lipinski definition) is 4. The normalized spacial score (nSPS) is 13.5. The van der Waals surface area contributed by atoms with Crippen molar-refractivity contribution in [3.05, 3.63) is 28.5 Å². The SMILES string of the molecule is COCC(C)NS(=O)(=O)c1cc(F)c(Cl)c(CN)c1. The first kappa shape index (κ1) is 16.3. The minimum absolute atomic E-state index is 0.0489. The summed E-state index contributed by atoms with van der Waals surface area (Å²) in [7, 11) is -2.38. The third kappa shape index (κ3) is 4.12. The average molecular weight is 311 g/mol. The molecule has 0 saturated carbocycles. The molecule has 1 rings (SSSR count). The molecule has 0 aliphatic heterocycles. The smallest absolute Gasteiger partial charge is 0.241 e. The van der Waals surface area contributed by atoms with Gasteiger partial charge in [-0.3, -0.25) is 0 Å². The molecule has 108 valence electrons. The zero-order chi connectivity index (χ0) is 14.6. The topological polar surface area (TPSA) is 81.4 Å². The maximum absolute atomic E-state index is 13.5. The predicted octanol–water partition coefficient (Wildman–Crippen LogP) is 1.25. The number of sulfonamides is 1. The molecule has 0 radical (unpaired) electrons. The second-order valence-corrected chi connectivity index (χ2v) is 6.15. The first-order valence-corrected chi connectivity index (χ1v) is 7.37. The number of benzene rings is 1. The van der Waals surface area contributed by atoms with E-state index in [0.29, 0.717) is 0 Å². The molecule has 1 unspecified atom stereocenters. The van der Waals surface area contributed by atoms with E-state index in [1.165, 1.54) is 13.2 Å². The van der Waals surface area contributed by atoms with Crippen LogP contribution in [0.1, 0.15) is 12.5 Å². The fourth-order valence-electron chi connectivity index (χ4n) is 1.54. The van der Waals surface area contributed by atoms with Crippen molar-refractivity contribution in [3.63, 3.8) is 0 Å². The van der Waals surface area contributed by atoms with Gasteiger partial charge in [0, 0.05) is 19.7 Å². The van der Waals surface area contributed by atoms with Crippen molar-refractivity contribution in [1.29, 1.82) is 0 Å². The van der Waals surface area contributed by atoms with Crippen molar-refractivity contribution in [3.8, 4) is 0 Å². The molecule has 5 nitrogen and oxygen atoms in total. The van der Waals surface area contributed by atoms with Crippen LogP contribution in [0.4, 0.5) is 4.39 Å². The van der Waals surface area contributed by atoms with Gasteiger partial charge in [0.1, 0.15) is 5.82 Å². The third-order valence-corrected chi connectivity index (χ3v) is 4.37. The molecule has 0 aromatic heterocycles. The van der Waals surface area contributed by atoms with E-state index >= 15 is 0 Å². The third-order valence-electron chi connectivity index (χ3n) is 2.38. The van der Waals surface area contributed by atoms with Gasteiger partial charge in [-0.15, -0.1) is 0 Å². The number of nitrogens with two attached hydrogens (primary N) is 1. The van der Waals surface area contributed by atoms with Gasteiger partial charge < -0.3 is 10.5 Å². The van der Waals surface area contributed by atoms with Crippen molar-refractivity contribution < 1.29 is 17.5 Å². The number of halogens is 2. The number of ether oxygens (including phenoxy) is 1. The summed E-state index contributed by atoms with van der Waals surface area (Å²) in [6.07, 6.45) is 0. The summed E-state index contributed by atoms with van der Waals surface area (Å²) >= 11 is 5.68. The highest BCUT2D eigenvalue weighted by atomic mass is 35.5. The van der Waals surface area contributed by atoms with Gasteiger partial charge in [-0.2, -0.15) is 0 Å². The van der Waals surface area contributed by atoms with Gasteiger partial charge in [0.25, 0.3) is 0 Å². The summed E-state index contributed by atoms with van der Waals surface area (Å²) in [6.45, 7) is 1.79. The number of rotatable bonds is 6. The largest absolute Gasteiger partial charge is 0.383 e. The Morgan fingerprint density at radius 3 is 2.68 bits per heavy atom. The zero-order valence-electron chi connectivity index (χ0n) is 10.6. The lowest BCUT2D eigenvalue weighted by atomic mass is 10.2. The maximum Gasteiger partial charge on any atom is 0.241 e. The number of hydrogen-bond donors (Lipinski definition) is 2. The number of methoxy groups -OCH3 is 1. The Hall–Kier alpha value is -0.730. The predicted molar refractivity (Wildman–Crippen MR) is 71.0 cm³/mol. The van der Waals surface area contributed by atoms with Crippen LogP contribution in [0.5, 0.6) is 0 Å².